The Morgan fingerprint density at radius 2 is 2.23 bits per heavy atom. The predicted molar refractivity (Wildman–Crippen MR) is 115 cm³/mol. The number of halogens is 1. The van der Waals surface area contributed by atoms with Gasteiger partial charge in [0.15, 0.2) is 10.8 Å². The normalized spacial score (nSPS) is 21.6. The molecule has 1 fully saturated rings. The molecule has 0 aromatic carbocycles. The van der Waals surface area contributed by atoms with E-state index >= 15 is 0 Å². The molecule has 1 aromatic heterocycles. The Balaban J connectivity index is 1.78. The van der Waals surface area contributed by atoms with Crippen LogP contribution in [0.1, 0.15) is 5.69 Å². The SMILES string of the molecule is NC/C=C\SC1=C(C(=O)O)N2C(=O)C(NC(=O)/C(=N\O)c3nc(N)sc3Cl)[C@H]2SC1. The summed E-state index contributed by atoms with van der Waals surface area (Å²) in [5.74, 6) is -2.41. The Bertz CT molecular complexity index is 993. The number of aromatic nitrogens is 1. The van der Waals surface area contributed by atoms with Crippen LogP contribution >= 0.6 is 46.5 Å². The minimum Gasteiger partial charge on any atom is -0.477 e. The summed E-state index contributed by atoms with van der Waals surface area (Å²) in [4.78, 5) is 42.4. The Labute approximate surface area is 187 Å². The fourth-order valence-corrected chi connectivity index (χ4v) is 6.01. The van der Waals surface area contributed by atoms with Crippen molar-refractivity contribution >= 4 is 75.1 Å². The highest BCUT2D eigenvalue weighted by atomic mass is 35.5. The van der Waals surface area contributed by atoms with Crippen LogP contribution in [-0.2, 0) is 14.4 Å². The van der Waals surface area contributed by atoms with Crippen LogP contribution in [0.15, 0.2) is 27.2 Å². The van der Waals surface area contributed by atoms with Crippen molar-refractivity contribution in [1.29, 1.82) is 0 Å². The third kappa shape index (κ3) is 4.13. The van der Waals surface area contributed by atoms with Gasteiger partial charge in [0.1, 0.15) is 27.1 Å². The number of thioether (sulfide) groups is 2. The molecule has 2 aliphatic heterocycles. The second-order valence-corrected chi connectivity index (χ2v) is 9.52. The number of carboxylic acid groups (broad SMARTS) is 1. The number of carbonyl (C=O) groups excluding carboxylic acids is 2. The number of carboxylic acids is 1. The van der Waals surface area contributed by atoms with Crippen molar-refractivity contribution < 1.29 is 24.7 Å². The van der Waals surface area contributed by atoms with Gasteiger partial charge >= 0.3 is 5.97 Å². The Kier molecular flexibility index (Phi) is 6.92. The lowest BCUT2D eigenvalue weighted by atomic mass is 10.0. The molecule has 160 valence electrons. The maximum Gasteiger partial charge on any atom is 0.353 e. The molecule has 2 atom stereocenters. The van der Waals surface area contributed by atoms with Crippen LogP contribution in [-0.4, -0.2) is 67.4 Å². The topological polar surface area (TPSA) is 184 Å². The molecular weight excluding hydrogens is 476 g/mol. The second kappa shape index (κ2) is 9.26. The molecule has 2 aliphatic rings. The van der Waals surface area contributed by atoms with Gasteiger partial charge in [0.2, 0.25) is 0 Å². The van der Waals surface area contributed by atoms with E-state index in [2.05, 4.69) is 15.5 Å². The van der Waals surface area contributed by atoms with Crippen molar-refractivity contribution in [2.45, 2.75) is 11.4 Å². The van der Waals surface area contributed by atoms with Crippen LogP contribution in [0, 0.1) is 0 Å². The number of amides is 2. The van der Waals surface area contributed by atoms with E-state index in [1.165, 1.54) is 23.5 Å². The lowest BCUT2D eigenvalue weighted by molar-refractivity contribution is -0.150. The van der Waals surface area contributed by atoms with Gasteiger partial charge in [-0.3, -0.25) is 14.5 Å². The first-order chi connectivity index (χ1) is 14.3. The summed E-state index contributed by atoms with van der Waals surface area (Å²) in [6.07, 6.45) is 1.67. The molecule has 1 aromatic rings. The maximum absolute atomic E-state index is 12.6. The highest BCUT2D eigenvalue weighted by Crippen LogP contribution is 2.43. The molecule has 3 heterocycles. The van der Waals surface area contributed by atoms with Crippen molar-refractivity contribution in [1.82, 2.24) is 15.2 Å². The van der Waals surface area contributed by atoms with Gasteiger partial charge in [-0.2, -0.15) is 0 Å². The van der Waals surface area contributed by atoms with E-state index < -0.39 is 34.9 Å². The van der Waals surface area contributed by atoms with Crippen LogP contribution in [0.25, 0.3) is 0 Å². The van der Waals surface area contributed by atoms with Gasteiger partial charge in [-0.15, -0.1) is 11.8 Å². The Morgan fingerprint density at radius 1 is 1.50 bits per heavy atom. The van der Waals surface area contributed by atoms with Gasteiger partial charge in [-0.1, -0.05) is 45.9 Å². The highest BCUT2D eigenvalue weighted by molar-refractivity contribution is 8.08. The van der Waals surface area contributed by atoms with Gasteiger partial charge in [-0.05, 0) is 5.41 Å². The Morgan fingerprint density at radius 3 is 2.80 bits per heavy atom. The average Bonchev–Trinajstić information content (AvgIpc) is 3.03. The van der Waals surface area contributed by atoms with Crippen molar-refractivity contribution in [2.24, 2.45) is 10.9 Å². The molecule has 0 saturated carbocycles. The molecule has 0 radical (unpaired) electrons. The fourth-order valence-electron chi connectivity index (χ4n) is 2.74. The quantitative estimate of drug-likeness (QED) is 0.155. The number of anilines is 1. The molecule has 3 rings (SSSR count). The zero-order valence-electron chi connectivity index (χ0n) is 14.9. The standard InChI is InChI=1S/C15H15ClN6O5S3/c16-10-6(20-15(18)30-10)7(21-27)11(23)19-8-12(24)22-9(14(25)26)5(4-29-13(8)22)28-3-1-2-17/h1,3,8,13,27H,2,4,17H2,(H2,18,20)(H,19,23)(H,25,26)/b3-1-,21-7-/t8?,13-/m1/s1. The fraction of sp³-hybridized carbons (Fsp3) is 0.267. The first-order valence-corrected chi connectivity index (χ1v) is 11.3. The largest absolute Gasteiger partial charge is 0.477 e. The van der Waals surface area contributed by atoms with Crippen LogP contribution < -0.4 is 16.8 Å². The second-order valence-electron chi connectivity index (χ2n) is 5.79. The van der Waals surface area contributed by atoms with Crippen molar-refractivity contribution in [3.63, 3.8) is 0 Å². The van der Waals surface area contributed by atoms with Gasteiger partial charge in [0, 0.05) is 17.2 Å². The van der Waals surface area contributed by atoms with E-state index in [0.717, 1.165) is 16.2 Å². The average molecular weight is 491 g/mol. The molecule has 7 N–H and O–H groups in total. The number of nitrogen functional groups attached to an aromatic ring is 1. The van der Waals surface area contributed by atoms with E-state index in [0.29, 0.717) is 17.2 Å². The van der Waals surface area contributed by atoms with Gasteiger partial charge in [-0.25, -0.2) is 9.78 Å². The lowest BCUT2D eigenvalue weighted by Gasteiger charge is -2.49. The summed E-state index contributed by atoms with van der Waals surface area (Å²) in [5, 5.41) is 25.3. The van der Waals surface area contributed by atoms with Crippen LogP contribution in [0.4, 0.5) is 5.13 Å². The first kappa shape index (κ1) is 22.4. The summed E-state index contributed by atoms with van der Waals surface area (Å²) in [5.41, 5.74) is 10.2. The number of oxime groups is 1. The smallest absolute Gasteiger partial charge is 0.353 e. The molecule has 2 amide bonds. The predicted octanol–water partition coefficient (Wildman–Crippen LogP) is 0.459. The van der Waals surface area contributed by atoms with E-state index in [4.69, 9.17) is 23.1 Å². The molecular formula is C15H15ClN6O5S3. The zero-order chi connectivity index (χ0) is 22.0. The third-order valence-electron chi connectivity index (χ3n) is 4.01. The summed E-state index contributed by atoms with van der Waals surface area (Å²) < 4.78 is 0.0485. The number of aliphatic carboxylic acids is 1. The number of nitrogens with two attached hydrogens (primary N) is 2. The summed E-state index contributed by atoms with van der Waals surface area (Å²) in [7, 11) is 0. The highest BCUT2D eigenvalue weighted by Gasteiger charge is 2.54. The summed E-state index contributed by atoms with van der Waals surface area (Å²) in [6.45, 7) is 0.304. The summed E-state index contributed by atoms with van der Waals surface area (Å²) in [6, 6.07) is -1.01. The third-order valence-corrected chi connectivity index (χ3v) is 7.50. The molecule has 0 bridgehead atoms. The van der Waals surface area contributed by atoms with E-state index in [1.54, 1.807) is 11.5 Å². The number of nitrogens with zero attached hydrogens (tertiary/aromatic N) is 3. The number of fused-ring (bicyclic) bond motifs is 1. The van der Waals surface area contributed by atoms with Gasteiger partial charge in [0.05, 0.1) is 0 Å². The number of hydrogen-bond donors (Lipinski definition) is 5. The van der Waals surface area contributed by atoms with E-state index in [1.807, 2.05) is 0 Å². The van der Waals surface area contributed by atoms with Crippen molar-refractivity contribution in [3.8, 4) is 0 Å². The Hall–Kier alpha value is -2.26. The lowest BCUT2D eigenvalue weighted by Crippen LogP contribution is -2.71. The maximum atomic E-state index is 12.6. The number of thiazole rings is 1. The van der Waals surface area contributed by atoms with Gasteiger partial charge < -0.3 is 27.1 Å². The first-order valence-electron chi connectivity index (χ1n) is 8.18. The van der Waals surface area contributed by atoms with E-state index in [-0.39, 0.29) is 20.9 Å². The number of hydrogen-bond acceptors (Lipinski definition) is 11. The minimum absolute atomic E-state index is 0.0485. The molecule has 1 saturated heterocycles. The number of nitrogens with one attached hydrogen (secondary N) is 1. The van der Waals surface area contributed by atoms with Crippen LogP contribution in [0.3, 0.4) is 0 Å². The van der Waals surface area contributed by atoms with Crippen LogP contribution in [0.5, 0.6) is 0 Å². The molecule has 1 unspecified atom stereocenters. The number of rotatable bonds is 7. The number of carbonyl (C=O) groups is 3. The molecule has 11 nitrogen and oxygen atoms in total. The zero-order valence-corrected chi connectivity index (χ0v) is 18.1. The van der Waals surface area contributed by atoms with E-state index in [9.17, 15) is 24.7 Å². The van der Waals surface area contributed by atoms with Crippen LogP contribution in [0.2, 0.25) is 4.34 Å². The molecule has 30 heavy (non-hydrogen) atoms. The molecule has 0 spiro atoms. The molecule has 15 heteroatoms. The molecule has 0 aliphatic carbocycles. The minimum atomic E-state index is -1.25. The van der Waals surface area contributed by atoms with Crippen molar-refractivity contribution in [3.05, 3.63) is 32.1 Å². The summed E-state index contributed by atoms with van der Waals surface area (Å²) >= 11 is 9.31. The monoisotopic (exact) mass is 490 g/mol. The number of β-lactam (4-membered cyclic amide) rings is 1. The van der Waals surface area contributed by atoms with Gasteiger partial charge in [0.25, 0.3) is 11.8 Å². The van der Waals surface area contributed by atoms with Crippen molar-refractivity contribution in [2.75, 3.05) is 18.0 Å².